The lowest BCUT2D eigenvalue weighted by Gasteiger charge is -2.31. The van der Waals surface area contributed by atoms with Crippen molar-refractivity contribution in [3.63, 3.8) is 0 Å². The maximum Gasteiger partial charge on any atom is 0.246 e. The molecule has 0 saturated carbocycles. The Labute approximate surface area is 161 Å². The van der Waals surface area contributed by atoms with Crippen LogP contribution in [0.3, 0.4) is 0 Å². The molecule has 1 atom stereocenters. The maximum atomic E-state index is 12.9. The van der Waals surface area contributed by atoms with Crippen LogP contribution in [0.25, 0.3) is 0 Å². The van der Waals surface area contributed by atoms with Gasteiger partial charge in [-0.1, -0.05) is 30.3 Å². The third-order valence-corrected chi connectivity index (χ3v) is 5.35. The first-order chi connectivity index (χ1) is 12.7. The lowest BCUT2D eigenvalue weighted by Crippen LogP contribution is -2.48. The van der Waals surface area contributed by atoms with Crippen LogP contribution in [0.15, 0.2) is 54.6 Å². The highest BCUT2D eigenvalue weighted by atomic mass is 32.2. The zero-order valence-electron chi connectivity index (χ0n) is 16.1. The van der Waals surface area contributed by atoms with E-state index in [4.69, 9.17) is 4.74 Å². The van der Waals surface area contributed by atoms with Gasteiger partial charge in [-0.2, -0.15) is 0 Å². The molecular weight excluding hydrogens is 364 g/mol. The van der Waals surface area contributed by atoms with Gasteiger partial charge in [-0.25, -0.2) is 8.42 Å². The number of sulfonamides is 1. The molecule has 0 aliphatic carbocycles. The molecule has 2 aromatic rings. The average molecular weight is 391 g/mol. The topological polar surface area (TPSA) is 66.9 Å². The van der Waals surface area contributed by atoms with E-state index >= 15 is 0 Å². The number of anilines is 1. The van der Waals surface area contributed by atoms with E-state index in [9.17, 15) is 13.2 Å². The van der Waals surface area contributed by atoms with Crippen molar-refractivity contribution >= 4 is 21.6 Å². The SMILES string of the molecule is CCOc1ccc(N([C@H](C)C(=O)N(C)Cc2ccccc2)S(C)(=O)=O)cc1. The summed E-state index contributed by atoms with van der Waals surface area (Å²) in [5, 5.41) is 0. The Morgan fingerprint density at radius 3 is 2.19 bits per heavy atom. The van der Waals surface area contributed by atoms with Crippen LogP contribution in [0.2, 0.25) is 0 Å². The largest absolute Gasteiger partial charge is 0.494 e. The highest BCUT2D eigenvalue weighted by Gasteiger charge is 2.31. The summed E-state index contributed by atoms with van der Waals surface area (Å²) in [5.74, 6) is 0.369. The molecule has 0 fully saturated rings. The van der Waals surface area contributed by atoms with Gasteiger partial charge in [0.15, 0.2) is 0 Å². The zero-order valence-corrected chi connectivity index (χ0v) is 16.9. The van der Waals surface area contributed by atoms with E-state index in [2.05, 4.69) is 0 Å². The van der Waals surface area contributed by atoms with Gasteiger partial charge in [-0.15, -0.1) is 0 Å². The summed E-state index contributed by atoms with van der Waals surface area (Å²) < 4.78 is 31.3. The molecule has 0 aliphatic rings. The summed E-state index contributed by atoms with van der Waals surface area (Å²) >= 11 is 0. The number of carbonyl (C=O) groups is 1. The van der Waals surface area contributed by atoms with Crippen LogP contribution >= 0.6 is 0 Å². The van der Waals surface area contributed by atoms with Gasteiger partial charge in [0.1, 0.15) is 11.8 Å². The molecule has 2 aromatic carbocycles. The Bertz CT molecular complexity index is 851. The summed E-state index contributed by atoms with van der Waals surface area (Å²) in [6.07, 6.45) is 1.10. The van der Waals surface area contributed by atoms with Gasteiger partial charge >= 0.3 is 0 Å². The molecule has 0 aromatic heterocycles. The fourth-order valence-corrected chi connectivity index (χ4v) is 4.08. The summed E-state index contributed by atoms with van der Waals surface area (Å²) in [4.78, 5) is 14.4. The van der Waals surface area contributed by atoms with E-state index < -0.39 is 16.1 Å². The van der Waals surface area contributed by atoms with Crippen LogP contribution in [0.1, 0.15) is 19.4 Å². The quantitative estimate of drug-likeness (QED) is 0.695. The molecule has 2 rings (SSSR count). The Balaban J connectivity index is 2.23. The van der Waals surface area contributed by atoms with Crippen molar-refractivity contribution < 1.29 is 17.9 Å². The summed E-state index contributed by atoms with van der Waals surface area (Å²) in [7, 11) is -1.98. The molecule has 0 bridgehead atoms. The number of amides is 1. The second kappa shape index (κ2) is 8.90. The second-order valence-electron chi connectivity index (χ2n) is 6.34. The molecule has 1 amide bonds. The number of hydrogen-bond acceptors (Lipinski definition) is 4. The van der Waals surface area contributed by atoms with Crippen molar-refractivity contribution in [2.75, 3.05) is 24.2 Å². The smallest absolute Gasteiger partial charge is 0.246 e. The first-order valence-corrected chi connectivity index (χ1v) is 10.6. The molecular formula is C20H26N2O4S. The van der Waals surface area contributed by atoms with E-state index in [-0.39, 0.29) is 5.91 Å². The summed E-state index contributed by atoms with van der Waals surface area (Å²) in [6.45, 7) is 4.40. The average Bonchev–Trinajstić information content (AvgIpc) is 2.62. The third kappa shape index (κ3) is 5.47. The Kier molecular flexibility index (Phi) is 6.85. The Morgan fingerprint density at radius 2 is 1.67 bits per heavy atom. The van der Waals surface area contributed by atoms with Crippen molar-refractivity contribution in [1.82, 2.24) is 4.90 Å². The number of carbonyl (C=O) groups excluding carboxylic acids is 1. The van der Waals surface area contributed by atoms with Gasteiger partial charge in [0.25, 0.3) is 0 Å². The number of benzene rings is 2. The van der Waals surface area contributed by atoms with E-state index in [1.807, 2.05) is 37.3 Å². The highest BCUT2D eigenvalue weighted by molar-refractivity contribution is 7.92. The first-order valence-electron chi connectivity index (χ1n) is 8.75. The van der Waals surface area contributed by atoms with Crippen LogP contribution in [-0.4, -0.2) is 45.2 Å². The van der Waals surface area contributed by atoms with Gasteiger partial charge in [-0.3, -0.25) is 9.10 Å². The van der Waals surface area contributed by atoms with Gasteiger partial charge in [-0.05, 0) is 43.7 Å². The fourth-order valence-electron chi connectivity index (χ4n) is 2.91. The van der Waals surface area contributed by atoms with Crippen LogP contribution < -0.4 is 9.04 Å². The van der Waals surface area contributed by atoms with Crippen LogP contribution in [0, 0.1) is 0 Å². The van der Waals surface area contributed by atoms with Gasteiger partial charge < -0.3 is 9.64 Å². The molecule has 7 heteroatoms. The number of hydrogen-bond donors (Lipinski definition) is 0. The first kappa shape index (κ1) is 20.8. The Hall–Kier alpha value is -2.54. The molecule has 0 heterocycles. The Morgan fingerprint density at radius 1 is 1.07 bits per heavy atom. The number of rotatable bonds is 8. The van der Waals surface area contributed by atoms with E-state index in [1.54, 1.807) is 38.2 Å². The number of ether oxygens (including phenoxy) is 1. The highest BCUT2D eigenvalue weighted by Crippen LogP contribution is 2.24. The van der Waals surface area contributed by atoms with Crippen LogP contribution in [-0.2, 0) is 21.4 Å². The predicted octanol–water partition coefficient (Wildman–Crippen LogP) is 2.90. The van der Waals surface area contributed by atoms with Crippen molar-refractivity contribution in [1.29, 1.82) is 0 Å². The standard InChI is InChI=1S/C20H26N2O4S/c1-5-26-19-13-11-18(12-14-19)22(27(4,24)25)16(2)20(23)21(3)15-17-9-7-6-8-10-17/h6-14,16H,5,15H2,1-4H3/t16-/m1/s1. The second-order valence-corrected chi connectivity index (χ2v) is 8.20. The van der Waals surface area contributed by atoms with Gasteiger partial charge in [0.05, 0.1) is 18.6 Å². The van der Waals surface area contributed by atoms with Crippen molar-refractivity contribution in [2.24, 2.45) is 0 Å². The molecule has 27 heavy (non-hydrogen) atoms. The number of nitrogens with zero attached hydrogens (tertiary/aromatic N) is 2. The third-order valence-electron chi connectivity index (χ3n) is 4.11. The summed E-state index contributed by atoms with van der Waals surface area (Å²) in [6, 6.07) is 15.4. The minimum Gasteiger partial charge on any atom is -0.494 e. The monoisotopic (exact) mass is 390 g/mol. The number of likely N-dealkylation sites (N-methyl/N-ethyl adjacent to an activating group) is 1. The van der Waals surface area contributed by atoms with Crippen LogP contribution in [0.5, 0.6) is 5.75 Å². The van der Waals surface area contributed by atoms with Crippen molar-refractivity contribution in [3.05, 3.63) is 60.2 Å². The van der Waals surface area contributed by atoms with Crippen molar-refractivity contribution in [2.45, 2.75) is 26.4 Å². The normalized spacial score (nSPS) is 12.3. The van der Waals surface area contributed by atoms with Gasteiger partial charge in [0, 0.05) is 13.6 Å². The van der Waals surface area contributed by atoms with Gasteiger partial charge in [0.2, 0.25) is 15.9 Å². The molecule has 0 radical (unpaired) electrons. The molecule has 0 spiro atoms. The van der Waals surface area contributed by atoms with Crippen LogP contribution in [0.4, 0.5) is 5.69 Å². The fraction of sp³-hybridized carbons (Fsp3) is 0.350. The molecule has 6 nitrogen and oxygen atoms in total. The zero-order chi connectivity index (χ0) is 20.0. The maximum absolute atomic E-state index is 12.9. The molecule has 0 aliphatic heterocycles. The molecule has 0 unspecified atom stereocenters. The molecule has 0 saturated heterocycles. The van der Waals surface area contributed by atoms with E-state index in [1.165, 1.54) is 4.90 Å². The van der Waals surface area contributed by atoms with Crippen molar-refractivity contribution in [3.8, 4) is 5.75 Å². The minimum atomic E-state index is -3.65. The summed E-state index contributed by atoms with van der Waals surface area (Å²) in [5.41, 5.74) is 1.41. The van der Waals surface area contributed by atoms with E-state index in [0.717, 1.165) is 16.1 Å². The minimum absolute atomic E-state index is 0.279. The molecule has 0 N–H and O–H groups in total. The lowest BCUT2D eigenvalue weighted by atomic mass is 10.2. The lowest BCUT2D eigenvalue weighted by molar-refractivity contribution is -0.131. The van der Waals surface area contributed by atoms with E-state index in [0.29, 0.717) is 24.6 Å². The predicted molar refractivity (Wildman–Crippen MR) is 107 cm³/mol. The molecule has 146 valence electrons.